The van der Waals surface area contributed by atoms with Gasteiger partial charge in [0, 0.05) is 5.56 Å². The van der Waals surface area contributed by atoms with E-state index >= 15 is 0 Å². The van der Waals surface area contributed by atoms with Gasteiger partial charge in [-0.25, -0.2) is 0 Å². The molecule has 3 aromatic carbocycles. The first kappa shape index (κ1) is 17.2. The molecule has 1 aromatic heterocycles. The molecule has 27 heavy (non-hydrogen) atoms. The number of rotatable bonds is 6. The van der Waals surface area contributed by atoms with Gasteiger partial charge in [0.05, 0.1) is 18.6 Å². The maximum absolute atomic E-state index is 12.6. The van der Waals surface area contributed by atoms with Crippen molar-refractivity contribution in [3.8, 4) is 11.4 Å². The number of tetrazole rings is 1. The molecule has 0 aliphatic heterocycles. The minimum atomic E-state index is 0.0371. The SMILES string of the molecule is COc1ccc(-n2nnnc2SCC(=O)c2ccc3ccccc3c2)cc1. The van der Waals surface area contributed by atoms with Crippen LogP contribution in [0.25, 0.3) is 16.5 Å². The van der Waals surface area contributed by atoms with E-state index in [0.717, 1.165) is 22.2 Å². The summed E-state index contributed by atoms with van der Waals surface area (Å²) in [4.78, 5) is 12.6. The molecular formula is C20H16N4O2S. The Labute approximate surface area is 160 Å². The van der Waals surface area contributed by atoms with E-state index in [1.807, 2.05) is 66.7 Å². The Morgan fingerprint density at radius 1 is 1.04 bits per heavy atom. The molecule has 7 heteroatoms. The second-order valence-electron chi connectivity index (χ2n) is 5.85. The molecule has 1 heterocycles. The number of Topliss-reactive ketones (excluding diaryl/α,β-unsaturated/α-hetero) is 1. The molecule has 134 valence electrons. The maximum atomic E-state index is 12.6. The highest BCUT2D eigenvalue weighted by molar-refractivity contribution is 7.99. The zero-order valence-corrected chi connectivity index (χ0v) is 15.4. The van der Waals surface area contributed by atoms with Gasteiger partial charge in [0.1, 0.15) is 5.75 Å². The molecule has 0 amide bonds. The van der Waals surface area contributed by atoms with Crippen LogP contribution in [0.1, 0.15) is 10.4 Å². The van der Waals surface area contributed by atoms with Crippen LogP contribution in [-0.4, -0.2) is 38.9 Å². The van der Waals surface area contributed by atoms with Gasteiger partial charge in [-0.2, -0.15) is 4.68 Å². The molecule has 0 N–H and O–H groups in total. The molecule has 6 nitrogen and oxygen atoms in total. The lowest BCUT2D eigenvalue weighted by molar-refractivity contribution is 0.102. The third-order valence-electron chi connectivity index (χ3n) is 4.16. The van der Waals surface area contributed by atoms with E-state index in [4.69, 9.17) is 4.74 Å². The number of thioether (sulfide) groups is 1. The first-order chi connectivity index (χ1) is 13.2. The Balaban J connectivity index is 1.49. The number of ketones is 1. The molecule has 4 aromatic rings. The molecule has 0 aliphatic rings. The van der Waals surface area contributed by atoms with Crippen LogP contribution in [-0.2, 0) is 0 Å². The van der Waals surface area contributed by atoms with Gasteiger partial charge in [-0.15, -0.1) is 5.10 Å². The summed E-state index contributed by atoms with van der Waals surface area (Å²) < 4.78 is 6.77. The molecule has 0 fully saturated rings. The third kappa shape index (κ3) is 3.68. The number of carbonyl (C=O) groups excluding carboxylic acids is 1. The number of methoxy groups -OCH3 is 1. The van der Waals surface area contributed by atoms with Crippen LogP contribution in [0.2, 0.25) is 0 Å². The number of ether oxygens (including phenoxy) is 1. The molecule has 0 aliphatic carbocycles. The summed E-state index contributed by atoms with van der Waals surface area (Å²) in [6.07, 6.45) is 0. The minimum absolute atomic E-state index is 0.0371. The average molecular weight is 376 g/mol. The van der Waals surface area contributed by atoms with E-state index in [1.54, 1.807) is 11.8 Å². The van der Waals surface area contributed by atoms with Crippen molar-refractivity contribution < 1.29 is 9.53 Å². The van der Waals surface area contributed by atoms with Crippen molar-refractivity contribution in [2.75, 3.05) is 12.9 Å². The molecule has 0 saturated carbocycles. The van der Waals surface area contributed by atoms with Crippen molar-refractivity contribution in [2.24, 2.45) is 0 Å². The smallest absolute Gasteiger partial charge is 0.214 e. The molecular weight excluding hydrogens is 360 g/mol. The van der Waals surface area contributed by atoms with Crippen LogP contribution >= 0.6 is 11.8 Å². The van der Waals surface area contributed by atoms with Crippen molar-refractivity contribution in [3.63, 3.8) is 0 Å². The lowest BCUT2D eigenvalue weighted by Gasteiger charge is -2.06. The molecule has 0 radical (unpaired) electrons. The Hall–Kier alpha value is -3.19. The number of carbonyl (C=O) groups is 1. The van der Waals surface area contributed by atoms with Crippen LogP contribution in [0.15, 0.2) is 71.9 Å². The van der Waals surface area contributed by atoms with E-state index in [0.29, 0.717) is 10.7 Å². The summed E-state index contributed by atoms with van der Waals surface area (Å²) in [7, 11) is 1.62. The quantitative estimate of drug-likeness (QED) is 0.377. The molecule has 4 rings (SSSR count). The zero-order chi connectivity index (χ0) is 18.6. The Bertz CT molecular complexity index is 1090. The van der Waals surface area contributed by atoms with Crippen molar-refractivity contribution in [1.82, 2.24) is 20.2 Å². The summed E-state index contributed by atoms with van der Waals surface area (Å²) >= 11 is 1.31. The van der Waals surface area contributed by atoms with E-state index in [-0.39, 0.29) is 11.5 Å². The Kier molecular flexibility index (Phi) is 4.84. The molecule has 0 unspecified atom stereocenters. The van der Waals surface area contributed by atoms with Crippen LogP contribution in [0.3, 0.4) is 0 Å². The third-order valence-corrected chi connectivity index (χ3v) is 5.08. The second kappa shape index (κ2) is 7.59. The van der Waals surface area contributed by atoms with Gasteiger partial charge in [0.2, 0.25) is 5.16 Å². The fraction of sp³-hybridized carbons (Fsp3) is 0.100. The lowest BCUT2D eigenvalue weighted by Crippen LogP contribution is -2.05. The van der Waals surface area contributed by atoms with Crippen LogP contribution in [0.5, 0.6) is 5.75 Å². The van der Waals surface area contributed by atoms with Crippen molar-refractivity contribution >= 4 is 28.3 Å². The molecule has 0 bridgehead atoms. The van der Waals surface area contributed by atoms with Gasteiger partial charge in [0.15, 0.2) is 5.78 Å². The standard InChI is InChI=1S/C20H16N4O2S/c1-26-18-10-8-17(9-11-18)24-20(21-22-23-24)27-13-19(25)16-7-6-14-4-2-3-5-15(14)12-16/h2-12H,13H2,1H3. The van der Waals surface area contributed by atoms with E-state index < -0.39 is 0 Å². The fourth-order valence-electron chi connectivity index (χ4n) is 2.73. The average Bonchev–Trinajstić information content (AvgIpc) is 3.20. The maximum Gasteiger partial charge on any atom is 0.214 e. The number of hydrogen-bond acceptors (Lipinski definition) is 6. The number of benzene rings is 3. The summed E-state index contributed by atoms with van der Waals surface area (Å²) in [5.41, 5.74) is 1.49. The van der Waals surface area contributed by atoms with Gasteiger partial charge in [-0.3, -0.25) is 4.79 Å². The highest BCUT2D eigenvalue weighted by Crippen LogP contribution is 2.22. The van der Waals surface area contributed by atoms with Gasteiger partial charge in [-0.05, 0) is 51.5 Å². The van der Waals surface area contributed by atoms with Crippen LogP contribution in [0.4, 0.5) is 0 Å². The summed E-state index contributed by atoms with van der Waals surface area (Å²) in [5.74, 6) is 1.05. The fourth-order valence-corrected chi connectivity index (χ4v) is 3.52. The number of fused-ring (bicyclic) bond motifs is 1. The summed E-state index contributed by atoms with van der Waals surface area (Å²) in [6.45, 7) is 0. The molecule has 0 saturated heterocycles. The van der Waals surface area contributed by atoms with Gasteiger partial charge >= 0.3 is 0 Å². The van der Waals surface area contributed by atoms with E-state index in [2.05, 4.69) is 15.5 Å². The number of nitrogens with zero attached hydrogens (tertiary/aromatic N) is 4. The first-order valence-electron chi connectivity index (χ1n) is 8.32. The van der Waals surface area contributed by atoms with Crippen molar-refractivity contribution in [3.05, 3.63) is 72.3 Å². The number of aromatic nitrogens is 4. The molecule has 0 atom stereocenters. The normalized spacial score (nSPS) is 10.9. The van der Waals surface area contributed by atoms with Crippen molar-refractivity contribution in [1.29, 1.82) is 0 Å². The van der Waals surface area contributed by atoms with E-state index in [9.17, 15) is 4.79 Å². The first-order valence-corrected chi connectivity index (χ1v) is 9.31. The molecule has 0 spiro atoms. The van der Waals surface area contributed by atoms with Gasteiger partial charge in [0.25, 0.3) is 0 Å². The number of hydrogen-bond donors (Lipinski definition) is 0. The van der Waals surface area contributed by atoms with Gasteiger partial charge in [-0.1, -0.05) is 48.2 Å². The monoisotopic (exact) mass is 376 g/mol. The summed E-state index contributed by atoms with van der Waals surface area (Å²) in [6, 6.07) is 21.1. The lowest BCUT2D eigenvalue weighted by atomic mass is 10.1. The topological polar surface area (TPSA) is 69.9 Å². The summed E-state index contributed by atoms with van der Waals surface area (Å²) in [5, 5.41) is 14.5. The Morgan fingerprint density at radius 3 is 2.59 bits per heavy atom. The predicted molar refractivity (Wildman–Crippen MR) is 105 cm³/mol. The van der Waals surface area contributed by atoms with Crippen molar-refractivity contribution in [2.45, 2.75) is 5.16 Å². The van der Waals surface area contributed by atoms with Gasteiger partial charge < -0.3 is 4.74 Å². The highest BCUT2D eigenvalue weighted by Gasteiger charge is 2.13. The predicted octanol–water partition coefficient (Wildman–Crippen LogP) is 3.80. The van der Waals surface area contributed by atoms with Crippen LogP contribution in [0, 0.1) is 0 Å². The minimum Gasteiger partial charge on any atom is -0.497 e. The Morgan fingerprint density at radius 2 is 1.81 bits per heavy atom. The second-order valence-corrected chi connectivity index (χ2v) is 6.79. The largest absolute Gasteiger partial charge is 0.497 e. The zero-order valence-electron chi connectivity index (χ0n) is 14.6. The highest BCUT2D eigenvalue weighted by atomic mass is 32.2. The van der Waals surface area contributed by atoms with E-state index in [1.165, 1.54) is 11.8 Å². The van der Waals surface area contributed by atoms with Crippen LogP contribution < -0.4 is 4.74 Å².